The van der Waals surface area contributed by atoms with Crippen molar-refractivity contribution in [3.8, 4) is 11.5 Å². The summed E-state index contributed by atoms with van der Waals surface area (Å²) in [5, 5.41) is 1.23. The molecule has 0 spiro atoms. The average molecular weight is 600 g/mol. The lowest BCUT2D eigenvalue weighted by Crippen LogP contribution is -2.35. The molecule has 0 aliphatic carbocycles. The minimum absolute atomic E-state index is 0.190. The Morgan fingerprint density at radius 1 is 0.975 bits per heavy atom. The lowest BCUT2D eigenvalue weighted by Gasteiger charge is -2.19. The summed E-state index contributed by atoms with van der Waals surface area (Å²) in [7, 11) is 1.29. The number of anilines is 1. The van der Waals surface area contributed by atoms with E-state index >= 15 is 0 Å². The zero-order valence-corrected chi connectivity index (χ0v) is 24.6. The molecule has 7 nitrogen and oxygen atoms in total. The number of carbonyl (C=O) groups excluding carboxylic acids is 2. The largest absolute Gasteiger partial charge is 0.490 e. The number of hydrogen-bond acceptors (Lipinski definition) is 6. The predicted octanol–water partition coefficient (Wildman–Crippen LogP) is 6.68. The summed E-state index contributed by atoms with van der Waals surface area (Å²) in [6.07, 6.45) is 2.53. The van der Waals surface area contributed by atoms with Crippen LogP contribution in [0.25, 0.3) is 6.08 Å². The molecule has 10 heteroatoms. The van der Waals surface area contributed by atoms with Gasteiger partial charge in [-0.3, -0.25) is 14.5 Å². The summed E-state index contributed by atoms with van der Waals surface area (Å²) < 4.78 is 16.7. The number of benzene rings is 3. The van der Waals surface area contributed by atoms with E-state index in [1.807, 2.05) is 31.2 Å². The Hall–Kier alpha value is -3.59. The molecule has 1 fully saturated rings. The summed E-state index contributed by atoms with van der Waals surface area (Å²) in [6.45, 7) is 4.32. The van der Waals surface area contributed by atoms with E-state index in [1.54, 1.807) is 42.5 Å². The van der Waals surface area contributed by atoms with E-state index in [9.17, 15) is 9.59 Å². The summed E-state index contributed by atoms with van der Waals surface area (Å²) in [6, 6.07) is 18.1. The maximum Gasteiger partial charge on any atom is 0.325 e. The van der Waals surface area contributed by atoms with Crippen LogP contribution in [0.4, 0.5) is 5.69 Å². The van der Waals surface area contributed by atoms with Crippen LogP contribution in [0.1, 0.15) is 30.5 Å². The van der Waals surface area contributed by atoms with Gasteiger partial charge in [-0.2, -0.15) is 0 Å². The highest BCUT2D eigenvalue weighted by atomic mass is 35.5. The van der Waals surface area contributed by atoms with Crippen LogP contribution < -0.4 is 14.4 Å². The third-order valence-electron chi connectivity index (χ3n) is 6.22. The smallest absolute Gasteiger partial charge is 0.325 e. The van der Waals surface area contributed by atoms with Crippen molar-refractivity contribution < 1.29 is 23.8 Å². The Morgan fingerprint density at radius 3 is 2.38 bits per heavy atom. The van der Waals surface area contributed by atoms with Gasteiger partial charge in [-0.1, -0.05) is 54.4 Å². The quantitative estimate of drug-likeness (QED) is 0.146. The number of hydrogen-bond donors (Lipinski definition) is 0. The fraction of sp³-hybridized carbons (Fsp3) is 0.233. The average Bonchev–Trinajstić information content (AvgIpc) is 3.17. The van der Waals surface area contributed by atoms with Crippen molar-refractivity contribution in [1.82, 2.24) is 4.90 Å². The Labute approximate surface area is 248 Å². The third kappa shape index (κ3) is 6.58. The van der Waals surface area contributed by atoms with Crippen LogP contribution in [-0.4, -0.2) is 42.2 Å². The van der Waals surface area contributed by atoms with Crippen molar-refractivity contribution >= 4 is 64.2 Å². The van der Waals surface area contributed by atoms with Crippen LogP contribution in [0.5, 0.6) is 11.5 Å². The number of carbonyl (C=O) groups is 2. The second-order valence-corrected chi connectivity index (χ2v) is 10.0. The molecule has 0 saturated carbocycles. The van der Waals surface area contributed by atoms with E-state index in [-0.39, 0.29) is 29.9 Å². The zero-order chi connectivity index (χ0) is 28.8. The zero-order valence-electron chi connectivity index (χ0n) is 22.3. The van der Waals surface area contributed by atoms with Crippen molar-refractivity contribution in [3.05, 3.63) is 93.1 Å². The van der Waals surface area contributed by atoms with Crippen LogP contribution in [0, 0.1) is 0 Å². The number of methoxy groups -OCH3 is 1. The molecule has 0 atom stereocenters. The first-order chi connectivity index (χ1) is 19.2. The van der Waals surface area contributed by atoms with Crippen LogP contribution in [0.2, 0.25) is 10.0 Å². The number of rotatable bonds is 10. The van der Waals surface area contributed by atoms with Gasteiger partial charge in [0.1, 0.15) is 18.8 Å². The lowest BCUT2D eigenvalue weighted by atomic mass is 10.1. The van der Waals surface area contributed by atoms with E-state index in [0.717, 1.165) is 17.5 Å². The van der Waals surface area contributed by atoms with Gasteiger partial charge in [0, 0.05) is 15.6 Å². The van der Waals surface area contributed by atoms with Crippen LogP contribution in [0.15, 0.2) is 66.4 Å². The molecule has 3 aromatic carbocycles. The van der Waals surface area contributed by atoms with Gasteiger partial charge in [-0.05, 0) is 79.2 Å². The first-order valence-corrected chi connectivity index (χ1v) is 13.8. The molecule has 208 valence electrons. The number of esters is 1. The molecule has 0 radical (unpaired) electrons. The van der Waals surface area contributed by atoms with E-state index in [0.29, 0.717) is 39.4 Å². The van der Waals surface area contributed by atoms with Crippen molar-refractivity contribution in [2.45, 2.75) is 26.9 Å². The first kappa shape index (κ1) is 29.4. The standard InChI is InChI=1S/C30H28Cl2N2O5S/c1-4-19-6-11-23(12-7-19)34-29(36)25(33(30(34)40)17-28(35)37-3)14-20-8-13-26(27(15-20)38-5-2)39-18-21-9-10-22(31)16-24(21)32/h6-16H,4-5,17-18H2,1-3H3/b25-14-. The van der Waals surface area contributed by atoms with Crippen LogP contribution >= 0.6 is 35.4 Å². The van der Waals surface area contributed by atoms with Gasteiger partial charge in [0.2, 0.25) is 0 Å². The predicted molar refractivity (Wildman–Crippen MR) is 161 cm³/mol. The van der Waals surface area contributed by atoms with Gasteiger partial charge in [0.05, 0.1) is 19.4 Å². The van der Waals surface area contributed by atoms with E-state index < -0.39 is 5.97 Å². The fourth-order valence-corrected chi connectivity index (χ4v) is 4.90. The number of thiocarbonyl (C=S) groups is 1. The first-order valence-electron chi connectivity index (χ1n) is 12.6. The van der Waals surface area contributed by atoms with Gasteiger partial charge in [0.15, 0.2) is 16.6 Å². The topological polar surface area (TPSA) is 68.3 Å². The Morgan fingerprint density at radius 2 is 1.73 bits per heavy atom. The number of amides is 1. The maximum atomic E-state index is 13.6. The normalized spacial score (nSPS) is 14.2. The number of nitrogens with zero attached hydrogens (tertiary/aromatic N) is 2. The van der Waals surface area contributed by atoms with Gasteiger partial charge in [-0.15, -0.1) is 0 Å². The van der Waals surface area contributed by atoms with Crippen LogP contribution in [0.3, 0.4) is 0 Å². The Bertz CT molecular complexity index is 1460. The number of aryl methyl sites for hydroxylation is 1. The van der Waals surface area contributed by atoms with Crippen molar-refractivity contribution in [3.63, 3.8) is 0 Å². The molecule has 0 unspecified atom stereocenters. The van der Waals surface area contributed by atoms with Gasteiger partial charge >= 0.3 is 5.97 Å². The summed E-state index contributed by atoms with van der Waals surface area (Å²) >= 11 is 17.9. The molecule has 1 aliphatic heterocycles. The maximum absolute atomic E-state index is 13.6. The minimum Gasteiger partial charge on any atom is -0.490 e. The summed E-state index contributed by atoms with van der Waals surface area (Å²) in [4.78, 5) is 28.8. The van der Waals surface area contributed by atoms with Gasteiger partial charge < -0.3 is 19.1 Å². The fourth-order valence-electron chi connectivity index (χ4n) is 4.09. The number of halogens is 2. The second kappa shape index (κ2) is 13.2. The SMILES string of the molecule is CCOc1cc(/C=C2/C(=O)N(c3ccc(CC)cc3)C(=S)N2CC(=O)OC)ccc1OCc1ccc(Cl)cc1Cl. The molecule has 4 rings (SSSR count). The highest BCUT2D eigenvalue weighted by molar-refractivity contribution is 7.80. The molecular weight excluding hydrogens is 571 g/mol. The van der Waals surface area contributed by atoms with Crippen molar-refractivity contribution in [2.24, 2.45) is 0 Å². The summed E-state index contributed by atoms with van der Waals surface area (Å²) in [5.41, 5.74) is 3.41. The van der Waals surface area contributed by atoms with E-state index in [2.05, 4.69) is 6.92 Å². The molecule has 1 aliphatic rings. The molecule has 1 saturated heterocycles. The van der Waals surface area contributed by atoms with Crippen LogP contribution in [-0.2, 0) is 27.4 Å². The molecular formula is C30H28Cl2N2O5S. The Balaban J connectivity index is 1.66. The highest BCUT2D eigenvalue weighted by Gasteiger charge is 2.40. The molecule has 0 aromatic heterocycles. The minimum atomic E-state index is -0.524. The number of ether oxygens (including phenoxy) is 3. The second-order valence-electron chi connectivity index (χ2n) is 8.80. The molecule has 1 amide bonds. The lowest BCUT2D eigenvalue weighted by molar-refractivity contribution is -0.140. The summed E-state index contributed by atoms with van der Waals surface area (Å²) in [5.74, 6) is 0.117. The van der Waals surface area contributed by atoms with E-state index in [1.165, 1.54) is 16.9 Å². The van der Waals surface area contributed by atoms with Gasteiger partial charge in [0.25, 0.3) is 5.91 Å². The Kier molecular flexibility index (Phi) is 9.68. The molecule has 1 heterocycles. The molecule has 3 aromatic rings. The third-order valence-corrected chi connectivity index (χ3v) is 7.21. The van der Waals surface area contributed by atoms with Gasteiger partial charge in [-0.25, -0.2) is 0 Å². The molecule has 0 N–H and O–H groups in total. The molecule has 40 heavy (non-hydrogen) atoms. The monoisotopic (exact) mass is 598 g/mol. The van der Waals surface area contributed by atoms with E-state index in [4.69, 9.17) is 49.6 Å². The van der Waals surface area contributed by atoms with Crippen molar-refractivity contribution in [1.29, 1.82) is 0 Å². The molecule has 0 bridgehead atoms. The van der Waals surface area contributed by atoms with Crippen molar-refractivity contribution in [2.75, 3.05) is 25.2 Å². The highest BCUT2D eigenvalue weighted by Crippen LogP contribution is 2.34.